The number of carbonyl (C=O) groups is 1. The highest BCUT2D eigenvalue weighted by molar-refractivity contribution is 5.94. The van der Waals surface area contributed by atoms with Gasteiger partial charge in [-0.1, -0.05) is 0 Å². The number of non-ortho nitro benzene ring substituents is 1. The van der Waals surface area contributed by atoms with Crippen LogP contribution in [-0.2, 0) is 0 Å². The van der Waals surface area contributed by atoms with Gasteiger partial charge in [-0.3, -0.25) is 14.9 Å². The van der Waals surface area contributed by atoms with E-state index in [1.54, 1.807) is 0 Å². The number of halogens is 4. The Labute approximate surface area is 115 Å². The molecular weight excluding hydrogens is 300 g/mol. The van der Waals surface area contributed by atoms with Crippen LogP contribution in [0, 0.1) is 15.9 Å². The summed E-state index contributed by atoms with van der Waals surface area (Å²) in [4.78, 5) is 21.7. The lowest BCUT2D eigenvalue weighted by Crippen LogP contribution is -2.40. The topological polar surface area (TPSA) is 83.7 Å². The molecule has 0 bridgehead atoms. The second kappa shape index (κ2) is 6.48. The number of nitro benzene ring substituents is 1. The summed E-state index contributed by atoms with van der Waals surface area (Å²) in [6.45, 7) is -3.03. The average molecular weight is 310 g/mol. The van der Waals surface area contributed by atoms with E-state index in [2.05, 4.69) is 0 Å². The maximum atomic E-state index is 13.2. The maximum absolute atomic E-state index is 13.2. The van der Waals surface area contributed by atoms with Crippen LogP contribution in [0.5, 0.6) is 0 Å². The van der Waals surface area contributed by atoms with E-state index in [4.69, 9.17) is 5.11 Å². The number of rotatable bonds is 5. The number of nitrogens with zero attached hydrogens (tertiary/aromatic N) is 2. The van der Waals surface area contributed by atoms with Crippen molar-refractivity contribution in [3.05, 3.63) is 39.7 Å². The third kappa shape index (κ3) is 4.99. The van der Waals surface area contributed by atoms with Gasteiger partial charge in [0.2, 0.25) is 0 Å². The van der Waals surface area contributed by atoms with Gasteiger partial charge in [0.25, 0.3) is 11.6 Å². The van der Waals surface area contributed by atoms with Crippen molar-refractivity contribution < 1.29 is 32.4 Å². The molecule has 0 saturated carbocycles. The smallest absolute Gasteiger partial charge is 0.395 e. The molecular formula is C11H10F4N2O4. The lowest BCUT2D eigenvalue weighted by molar-refractivity contribution is -0.385. The molecule has 0 saturated heterocycles. The number of hydrogen-bond acceptors (Lipinski definition) is 4. The van der Waals surface area contributed by atoms with Crippen LogP contribution in [0.15, 0.2) is 18.2 Å². The average Bonchev–Trinajstić information content (AvgIpc) is 2.35. The van der Waals surface area contributed by atoms with E-state index in [0.29, 0.717) is 18.2 Å². The molecule has 0 atom stereocenters. The minimum atomic E-state index is -4.72. The maximum Gasteiger partial charge on any atom is 0.406 e. The zero-order chi connectivity index (χ0) is 16.2. The normalized spacial score (nSPS) is 11.3. The summed E-state index contributed by atoms with van der Waals surface area (Å²) in [6.07, 6.45) is -4.72. The molecule has 0 aromatic heterocycles. The van der Waals surface area contributed by atoms with Crippen molar-refractivity contribution in [3.8, 4) is 0 Å². The third-order valence-electron chi connectivity index (χ3n) is 2.37. The SMILES string of the molecule is O=C(c1cc(F)cc([N+](=O)[O-])c1)N(CCO)CC(F)(F)F. The molecule has 1 aromatic carbocycles. The van der Waals surface area contributed by atoms with Crippen molar-refractivity contribution >= 4 is 11.6 Å². The minimum Gasteiger partial charge on any atom is -0.395 e. The van der Waals surface area contributed by atoms with Crippen LogP contribution < -0.4 is 0 Å². The van der Waals surface area contributed by atoms with Crippen LogP contribution in [0.4, 0.5) is 23.2 Å². The van der Waals surface area contributed by atoms with Gasteiger partial charge in [-0.25, -0.2) is 4.39 Å². The summed E-state index contributed by atoms with van der Waals surface area (Å²) in [5, 5.41) is 19.2. The molecule has 6 nitrogen and oxygen atoms in total. The first-order valence-electron chi connectivity index (χ1n) is 5.56. The van der Waals surface area contributed by atoms with E-state index in [1.165, 1.54) is 0 Å². The van der Waals surface area contributed by atoms with Crippen LogP contribution in [0.2, 0.25) is 0 Å². The quantitative estimate of drug-likeness (QED) is 0.510. The fourth-order valence-corrected chi connectivity index (χ4v) is 1.58. The molecule has 0 spiro atoms. The van der Waals surface area contributed by atoms with Crippen LogP contribution in [0.25, 0.3) is 0 Å². The fourth-order valence-electron chi connectivity index (χ4n) is 1.58. The van der Waals surface area contributed by atoms with E-state index < -0.39 is 53.8 Å². The van der Waals surface area contributed by atoms with Crippen LogP contribution in [0.1, 0.15) is 10.4 Å². The molecule has 1 amide bonds. The molecule has 10 heteroatoms. The molecule has 0 aliphatic rings. The van der Waals surface area contributed by atoms with Gasteiger partial charge in [-0.2, -0.15) is 13.2 Å². The Balaban J connectivity index is 3.11. The van der Waals surface area contributed by atoms with Crippen molar-refractivity contribution in [1.82, 2.24) is 4.90 Å². The number of amides is 1. The monoisotopic (exact) mass is 310 g/mol. The first kappa shape index (κ1) is 16.8. The Hall–Kier alpha value is -2.23. The highest BCUT2D eigenvalue weighted by Crippen LogP contribution is 2.21. The number of nitro groups is 1. The largest absolute Gasteiger partial charge is 0.406 e. The summed E-state index contributed by atoms with van der Waals surface area (Å²) >= 11 is 0. The van der Waals surface area contributed by atoms with E-state index in [0.717, 1.165) is 0 Å². The van der Waals surface area contributed by atoms with E-state index >= 15 is 0 Å². The first-order valence-corrected chi connectivity index (χ1v) is 5.56. The standard InChI is InChI=1S/C11H10F4N2O4/c12-8-3-7(4-9(5-8)17(20)21)10(19)16(1-2-18)6-11(13,14)15/h3-5,18H,1-2,6H2. The molecule has 0 aliphatic heterocycles. The van der Waals surface area contributed by atoms with Crippen molar-refractivity contribution in [3.63, 3.8) is 0 Å². The zero-order valence-corrected chi connectivity index (χ0v) is 10.4. The minimum absolute atomic E-state index is 0.235. The van der Waals surface area contributed by atoms with Gasteiger partial charge in [0.1, 0.15) is 12.4 Å². The number of benzene rings is 1. The van der Waals surface area contributed by atoms with Crippen molar-refractivity contribution in [1.29, 1.82) is 0 Å². The Morgan fingerprint density at radius 1 is 1.33 bits per heavy atom. The summed E-state index contributed by atoms with van der Waals surface area (Å²) in [6, 6.07) is 1.80. The van der Waals surface area contributed by atoms with Crippen molar-refractivity contribution in [2.24, 2.45) is 0 Å². The number of carbonyl (C=O) groups excluding carboxylic acids is 1. The van der Waals surface area contributed by atoms with Crippen LogP contribution in [-0.4, -0.2) is 46.7 Å². The lowest BCUT2D eigenvalue weighted by Gasteiger charge is -2.23. The van der Waals surface area contributed by atoms with Gasteiger partial charge in [-0.05, 0) is 6.07 Å². The summed E-state index contributed by atoms with van der Waals surface area (Å²) in [5.41, 5.74) is -1.35. The van der Waals surface area contributed by atoms with Gasteiger partial charge >= 0.3 is 6.18 Å². The molecule has 1 aromatic rings. The van der Waals surface area contributed by atoms with Crippen molar-refractivity contribution in [2.75, 3.05) is 19.7 Å². The van der Waals surface area contributed by atoms with E-state index in [-0.39, 0.29) is 4.90 Å². The van der Waals surface area contributed by atoms with Gasteiger partial charge < -0.3 is 10.0 Å². The number of aliphatic hydroxyl groups excluding tert-OH is 1. The Bertz CT molecular complexity index is 548. The highest BCUT2D eigenvalue weighted by Gasteiger charge is 2.33. The number of hydrogen-bond donors (Lipinski definition) is 1. The van der Waals surface area contributed by atoms with Gasteiger partial charge in [0, 0.05) is 18.2 Å². The third-order valence-corrected chi connectivity index (χ3v) is 2.37. The Morgan fingerprint density at radius 3 is 2.43 bits per heavy atom. The molecule has 1 N–H and O–H groups in total. The molecule has 0 radical (unpaired) electrons. The summed E-state index contributed by atoms with van der Waals surface area (Å²) in [5.74, 6) is -2.38. The molecule has 0 aliphatic carbocycles. The van der Waals surface area contributed by atoms with Gasteiger partial charge in [0.05, 0.1) is 17.6 Å². The van der Waals surface area contributed by atoms with E-state index in [1.807, 2.05) is 0 Å². The Morgan fingerprint density at radius 2 is 1.95 bits per heavy atom. The highest BCUT2D eigenvalue weighted by atomic mass is 19.4. The predicted octanol–water partition coefficient (Wildman–Crippen LogP) is 1.73. The van der Waals surface area contributed by atoms with Crippen LogP contribution >= 0.6 is 0 Å². The molecule has 0 unspecified atom stereocenters. The molecule has 0 fully saturated rings. The second-order valence-corrected chi connectivity index (χ2v) is 4.02. The van der Waals surface area contributed by atoms with Gasteiger partial charge in [0.15, 0.2) is 0 Å². The van der Waals surface area contributed by atoms with E-state index in [9.17, 15) is 32.5 Å². The summed E-state index contributed by atoms with van der Waals surface area (Å²) in [7, 11) is 0. The molecule has 116 valence electrons. The molecule has 0 heterocycles. The lowest BCUT2D eigenvalue weighted by atomic mass is 10.1. The number of aliphatic hydroxyl groups is 1. The first-order chi connectivity index (χ1) is 9.64. The molecule has 1 rings (SSSR count). The molecule has 21 heavy (non-hydrogen) atoms. The Kier molecular flexibility index (Phi) is 5.19. The summed E-state index contributed by atoms with van der Waals surface area (Å²) < 4.78 is 50.2. The zero-order valence-electron chi connectivity index (χ0n) is 10.4. The second-order valence-electron chi connectivity index (χ2n) is 4.02. The fraction of sp³-hybridized carbons (Fsp3) is 0.364. The van der Waals surface area contributed by atoms with Crippen LogP contribution in [0.3, 0.4) is 0 Å². The van der Waals surface area contributed by atoms with Gasteiger partial charge in [-0.15, -0.1) is 0 Å². The van der Waals surface area contributed by atoms with Crippen molar-refractivity contribution in [2.45, 2.75) is 6.18 Å². The number of alkyl halides is 3. The predicted molar refractivity (Wildman–Crippen MR) is 62.1 cm³/mol.